The molecule has 66 valence electrons. The van der Waals surface area contributed by atoms with Gasteiger partial charge in [0.05, 0.1) is 6.04 Å². The van der Waals surface area contributed by atoms with Crippen molar-refractivity contribution in [3.63, 3.8) is 0 Å². The van der Waals surface area contributed by atoms with E-state index in [2.05, 4.69) is 11.8 Å². The molecule has 12 heavy (non-hydrogen) atoms. The van der Waals surface area contributed by atoms with Gasteiger partial charge in [-0.05, 0) is 26.8 Å². The fourth-order valence-corrected chi connectivity index (χ4v) is 1.58. The third-order valence-corrected chi connectivity index (χ3v) is 2.29. The quantitative estimate of drug-likeness (QED) is 0.580. The molecule has 2 atom stereocenters. The van der Waals surface area contributed by atoms with Crippen LogP contribution >= 0.6 is 0 Å². The Morgan fingerprint density at radius 3 is 2.67 bits per heavy atom. The van der Waals surface area contributed by atoms with E-state index in [0.717, 1.165) is 6.42 Å². The van der Waals surface area contributed by atoms with E-state index in [0.29, 0.717) is 6.42 Å². The highest BCUT2D eigenvalue weighted by Gasteiger charge is 2.33. The fourth-order valence-electron chi connectivity index (χ4n) is 1.58. The second-order valence-corrected chi connectivity index (χ2v) is 3.01. The van der Waals surface area contributed by atoms with Gasteiger partial charge in [-0.1, -0.05) is 5.92 Å². The van der Waals surface area contributed by atoms with Gasteiger partial charge in [0.25, 0.3) is 0 Å². The number of likely N-dealkylation sites (tertiary alicyclic amines) is 1. The Bertz CT molecular complexity index is 239. The lowest BCUT2D eigenvalue weighted by Gasteiger charge is -2.18. The Morgan fingerprint density at radius 2 is 2.25 bits per heavy atom. The summed E-state index contributed by atoms with van der Waals surface area (Å²) < 4.78 is 0. The number of carbonyl (C=O) groups is 1. The van der Waals surface area contributed by atoms with Crippen molar-refractivity contribution in [2.45, 2.75) is 31.8 Å². The summed E-state index contributed by atoms with van der Waals surface area (Å²) in [6.45, 7) is 1.78. The topological polar surface area (TPSA) is 40.5 Å². The Balaban J connectivity index is 2.64. The van der Waals surface area contributed by atoms with Crippen LogP contribution < -0.4 is 0 Å². The van der Waals surface area contributed by atoms with E-state index < -0.39 is 5.97 Å². The van der Waals surface area contributed by atoms with Crippen molar-refractivity contribution in [3.05, 3.63) is 0 Å². The smallest absolute Gasteiger partial charge is 0.320 e. The predicted octanol–water partition coefficient (Wildman–Crippen LogP) is 0.557. The summed E-state index contributed by atoms with van der Waals surface area (Å²) in [5, 5.41) is 8.78. The van der Waals surface area contributed by atoms with Crippen molar-refractivity contribution < 1.29 is 9.90 Å². The van der Waals surface area contributed by atoms with E-state index in [-0.39, 0.29) is 12.1 Å². The molecule has 0 aromatic carbocycles. The molecule has 3 heteroatoms. The first-order valence-electron chi connectivity index (χ1n) is 4.04. The molecule has 0 aromatic heterocycles. The number of carboxylic acids is 1. The largest absolute Gasteiger partial charge is 0.480 e. The summed E-state index contributed by atoms with van der Waals surface area (Å²) in [4.78, 5) is 12.5. The van der Waals surface area contributed by atoms with Crippen molar-refractivity contribution in [2.24, 2.45) is 0 Å². The van der Waals surface area contributed by atoms with Gasteiger partial charge in [0.2, 0.25) is 0 Å². The highest BCUT2D eigenvalue weighted by Crippen LogP contribution is 2.21. The first-order valence-corrected chi connectivity index (χ1v) is 4.04. The van der Waals surface area contributed by atoms with E-state index in [1.807, 2.05) is 11.9 Å². The van der Waals surface area contributed by atoms with Crippen LogP contribution in [0, 0.1) is 11.8 Å². The molecule has 1 fully saturated rings. The summed E-state index contributed by atoms with van der Waals surface area (Å²) in [6.07, 6.45) is 1.58. The average molecular weight is 167 g/mol. The molecule has 0 saturated carbocycles. The highest BCUT2D eigenvalue weighted by atomic mass is 16.4. The van der Waals surface area contributed by atoms with E-state index in [4.69, 9.17) is 5.11 Å². The van der Waals surface area contributed by atoms with Gasteiger partial charge in [-0.25, -0.2) is 0 Å². The van der Waals surface area contributed by atoms with Crippen LogP contribution in [0.15, 0.2) is 0 Å². The maximum Gasteiger partial charge on any atom is 0.320 e. The first kappa shape index (κ1) is 9.08. The molecule has 1 heterocycles. The fraction of sp³-hybridized carbons (Fsp3) is 0.667. The molecule has 1 N–H and O–H groups in total. The van der Waals surface area contributed by atoms with Gasteiger partial charge >= 0.3 is 5.97 Å². The standard InChI is InChI=1S/C9H13NO2/c1-3-4-7-5-6-8(9(11)12)10(7)2/h7-8H,5-6H2,1-2H3,(H,11,12)/t7-,8-/m0/s1. The Hall–Kier alpha value is -1.01. The SMILES string of the molecule is CC#C[C@H]1CC[C@@H](C(=O)O)N1C. The number of carboxylic acid groups (broad SMARTS) is 1. The van der Waals surface area contributed by atoms with Gasteiger partial charge in [0.1, 0.15) is 6.04 Å². The van der Waals surface area contributed by atoms with Crippen LogP contribution in [0.2, 0.25) is 0 Å². The minimum atomic E-state index is -0.738. The lowest BCUT2D eigenvalue weighted by molar-refractivity contribution is -0.141. The first-order chi connectivity index (χ1) is 5.66. The lowest BCUT2D eigenvalue weighted by atomic mass is 10.2. The van der Waals surface area contributed by atoms with Gasteiger partial charge in [0, 0.05) is 0 Å². The molecule has 1 rings (SSSR count). The van der Waals surface area contributed by atoms with Gasteiger partial charge in [-0.3, -0.25) is 9.69 Å². The maximum atomic E-state index is 10.7. The minimum Gasteiger partial charge on any atom is -0.480 e. The monoisotopic (exact) mass is 167 g/mol. The van der Waals surface area contributed by atoms with Crippen molar-refractivity contribution in [3.8, 4) is 11.8 Å². The summed E-state index contributed by atoms with van der Waals surface area (Å²) in [5.74, 6) is 5.07. The van der Waals surface area contributed by atoms with Crippen LogP contribution in [0.4, 0.5) is 0 Å². The van der Waals surface area contributed by atoms with Gasteiger partial charge in [-0.2, -0.15) is 0 Å². The predicted molar refractivity (Wildman–Crippen MR) is 45.7 cm³/mol. The van der Waals surface area contributed by atoms with Crippen LogP contribution in [0.1, 0.15) is 19.8 Å². The molecule has 1 saturated heterocycles. The number of nitrogens with zero attached hydrogens (tertiary/aromatic N) is 1. The second-order valence-electron chi connectivity index (χ2n) is 3.01. The van der Waals surface area contributed by atoms with Crippen LogP contribution in [0.25, 0.3) is 0 Å². The second kappa shape index (κ2) is 3.59. The van der Waals surface area contributed by atoms with Crippen LogP contribution in [-0.4, -0.2) is 35.1 Å². The molecule has 1 aliphatic heterocycles. The number of hydrogen-bond donors (Lipinski definition) is 1. The molecule has 3 nitrogen and oxygen atoms in total. The molecule has 0 aliphatic carbocycles. The molecule has 0 amide bonds. The van der Waals surface area contributed by atoms with Gasteiger partial charge < -0.3 is 5.11 Å². The van der Waals surface area contributed by atoms with Crippen molar-refractivity contribution in [2.75, 3.05) is 7.05 Å². The normalized spacial score (nSPS) is 29.5. The average Bonchev–Trinajstić information content (AvgIpc) is 2.34. The Labute approximate surface area is 72.4 Å². The third-order valence-electron chi connectivity index (χ3n) is 2.29. The van der Waals surface area contributed by atoms with E-state index >= 15 is 0 Å². The molecule has 0 bridgehead atoms. The number of likely N-dealkylation sites (N-methyl/N-ethyl adjacent to an activating group) is 1. The molecular weight excluding hydrogens is 154 g/mol. The number of hydrogen-bond acceptors (Lipinski definition) is 2. The van der Waals surface area contributed by atoms with Crippen molar-refractivity contribution >= 4 is 5.97 Å². The molecular formula is C9H13NO2. The highest BCUT2D eigenvalue weighted by molar-refractivity contribution is 5.74. The molecule has 1 aliphatic rings. The maximum absolute atomic E-state index is 10.7. The zero-order valence-electron chi connectivity index (χ0n) is 7.37. The molecule has 0 unspecified atom stereocenters. The van der Waals surface area contributed by atoms with Gasteiger partial charge in [0.15, 0.2) is 0 Å². The summed E-state index contributed by atoms with van der Waals surface area (Å²) in [6, 6.07) is -0.202. The summed E-state index contributed by atoms with van der Waals surface area (Å²) >= 11 is 0. The number of aliphatic carboxylic acids is 1. The number of rotatable bonds is 1. The van der Waals surface area contributed by atoms with E-state index in [1.165, 1.54) is 0 Å². The summed E-state index contributed by atoms with van der Waals surface area (Å²) in [5.41, 5.74) is 0. The molecule has 0 radical (unpaired) electrons. The van der Waals surface area contributed by atoms with Crippen molar-refractivity contribution in [1.82, 2.24) is 4.90 Å². The lowest BCUT2D eigenvalue weighted by Crippen LogP contribution is -2.36. The van der Waals surface area contributed by atoms with E-state index in [9.17, 15) is 4.79 Å². The minimum absolute atomic E-state index is 0.135. The Morgan fingerprint density at radius 1 is 1.58 bits per heavy atom. The molecule has 0 aromatic rings. The summed E-state index contributed by atoms with van der Waals surface area (Å²) in [7, 11) is 1.82. The van der Waals surface area contributed by atoms with Crippen LogP contribution in [0.3, 0.4) is 0 Å². The van der Waals surface area contributed by atoms with Crippen LogP contribution in [-0.2, 0) is 4.79 Å². The third kappa shape index (κ3) is 1.59. The Kier molecular flexibility index (Phi) is 2.72. The van der Waals surface area contributed by atoms with Crippen molar-refractivity contribution in [1.29, 1.82) is 0 Å². The van der Waals surface area contributed by atoms with Crippen LogP contribution in [0.5, 0.6) is 0 Å². The zero-order chi connectivity index (χ0) is 9.14. The molecule has 0 spiro atoms. The van der Waals surface area contributed by atoms with E-state index in [1.54, 1.807) is 6.92 Å². The van der Waals surface area contributed by atoms with Gasteiger partial charge in [-0.15, -0.1) is 5.92 Å². The zero-order valence-corrected chi connectivity index (χ0v) is 7.37.